The van der Waals surface area contributed by atoms with Gasteiger partial charge in [0.05, 0.1) is 19.1 Å². The summed E-state index contributed by atoms with van der Waals surface area (Å²) in [6.07, 6.45) is 0. The Morgan fingerprint density at radius 2 is 1.92 bits per heavy atom. The molecule has 6 nitrogen and oxygen atoms in total. The minimum atomic E-state index is -0.588. The Labute approximate surface area is 75.1 Å². The van der Waals surface area contributed by atoms with E-state index in [1.165, 1.54) is 4.90 Å². The second kappa shape index (κ2) is 3.53. The molecule has 1 heterocycles. The molecule has 0 spiro atoms. The molecule has 1 saturated heterocycles. The highest BCUT2D eigenvalue weighted by Gasteiger charge is 2.28. The Hall–Kier alpha value is -1.43. The summed E-state index contributed by atoms with van der Waals surface area (Å²) >= 11 is 0. The molecular weight excluding hydrogens is 174 g/mol. The Kier molecular flexibility index (Phi) is 2.62. The van der Waals surface area contributed by atoms with Crippen LogP contribution >= 0.6 is 0 Å². The minimum Gasteiger partial charge on any atom is -0.368 e. The number of nitrogens with one attached hydrogen (secondary N) is 1. The second-order valence-corrected chi connectivity index (χ2v) is 2.95. The summed E-state index contributed by atoms with van der Waals surface area (Å²) in [7, 11) is 0. The van der Waals surface area contributed by atoms with Crippen LogP contribution in [0, 0.1) is 0 Å². The fourth-order valence-electron chi connectivity index (χ4n) is 1.11. The molecule has 0 aromatic heterocycles. The number of nitrogens with two attached hydrogens (primary N) is 1. The quantitative estimate of drug-likeness (QED) is 0.478. The zero-order valence-corrected chi connectivity index (χ0v) is 7.24. The van der Waals surface area contributed by atoms with Crippen LogP contribution in [0.25, 0.3) is 0 Å². The molecule has 1 fully saturated rings. The maximum atomic E-state index is 10.9. The topological polar surface area (TPSA) is 92.5 Å². The Balaban J connectivity index is 2.65. The third-order valence-electron chi connectivity index (χ3n) is 1.93. The van der Waals surface area contributed by atoms with Gasteiger partial charge in [0.1, 0.15) is 0 Å². The van der Waals surface area contributed by atoms with Crippen molar-refractivity contribution in [2.24, 2.45) is 5.73 Å². The normalized spacial score (nSPS) is 21.0. The van der Waals surface area contributed by atoms with Gasteiger partial charge in [0.2, 0.25) is 17.7 Å². The van der Waals surface area contributed by atoms with Crippen molar-refractivity contribution in [1.29, 1.82) is 0 Å². The van der Waals surface area contributed by atoms with E-state index in [2.05, 4.69) is 5.32 Å². The van der Waals surface area contributed by atoms with Crippen LogP contribution in [0.3, 0.4) is 0 Å². The van der Waals surface area contributed by atoms with E-state index in [-0.39, 0.29) is 13.1 Å². The van der Waals surface area contributed by atoms with Crippen molar-refractivity contribution in [3.63, 3.8) is 0 Å². The van der Waals surface area contributed by atoms with Crippen LogP contribution in [0.5, 0.6) is 0 Å². The van der Waals surface area contributed by atoms with Crippen molar-refractivity contribution < 1.29 is 14.4 Å². The number of carbonyl (C=O) groups excluding carboxylic acids is 3. The molecule has 0 radical (unpaired) electrons. The number of rotatable bonds is 2. The van der Waals surface area contributed by atoms with E-state index in [0.717, 1.165) is 0 Å². The van der Waals surface area contributed by atoms with Crippen LogP contribution in [0.2, 0.25) is 0 Å². The fraction of sp³-hybridized carbons (Fsp3) is 0.571. The van der Waals surface area contributed by atoms with Gasteiger partial charge in [-0.25, -0.2) is 0 Å². The molecule has 1 aliphatic heterocycles. The van der Waals surface area contributed by atoms with Gasteiger partial charge in [-0.15, -0.1) is 0 Å². The van der Waals surface area contributed by atoms with Gasteiger partial charge in [-0.2, -0.15) is 0 Å². The van der Waals surface area contributed by atoms with Crippen molar-refractivity contribution >= 4 is 17.7 Å². The van der Waals surface area contributed by atoms with Gasteiger partial charge >= 0.3 is 0 Å². The third kappa shape index (κ3) is 2.25. The molecule has 6 heteroatoms. The molecule has 3 amide bonds. The molecule has 1 rings (SSSR count). The van der Waals surface area contributed by atoms with Crippen LogP contribution in [-0.4, -0.2) is 41.8 Å². The SMILES string of the molecule is CC(C(N)=O)N1CC(=O)NC(=O)C1. The molecule has 0 aromatic rings. The fourth-order valence-corrected chi connectivity index (χ4v) is 1.11. The van der Waals surface area contributed by atoms with Crippen LogP contribution in [0.1, 0.15) is 6.92 Å². The lowest BCUT2D eigenvalue weighted by Crippen LogP contribution is -2.56. The Morgan fingerprint density at radius 1 is 1.46 bits per heavy atom. The van der Waals surface area contributed by atoms with E-state index in [4.69, 9.17) is 5.73 Å². The van der Waals surface area contributed by atoms with Crippen molar-refractivity contribution in [1.82, 2.24) is 10.2 Å². The number of nitrogens with zero attached hydrogens (tertiary/aromatic N) is 1. The maximum absolute atomic E-state index is 10.9. The van der Waals surface area contributed by atoms with E-state index >= 15 is 0 Å². The van der Waals surface area contributed by atoms with Crippen molar-refractivity contribution in [2.75, 3.05) is 13.1 Å². The first-order valence-electron chi connectivity index (χ1n) is 3.86. The molecular formula is C7H11N3O3. The Bertz CT molecular complexity index is 248. The summed E-state index contributed by atoms with van der Waals surface area (Å²) in [5, 5.41) is 2.13. The summed E-state index contributed by atoms with van der Waals surface area (Å²) in [5.41, 5.74) is 5.03. The van der Waals surface area contributed by atoms with Crippen molar-refractivity contribution in [3.05, 3.63) is 0 Å². The first-order chi connectivity index (χ1) is 6.00. The third-order valence-corrected chi connectivity index (χ3v) is 1.93. The van der Waals surface area contributed by atoms with Gasteiger partial charge in [-0.1, -0.05) is 0 Å². The van der Waals surface area contributed by atoms with Gasteiger partial charge in [0.15, 0.2) is 0 Å². The van der Waals surface area contributed by atoms with Gasteiger partial charge in [0.25, 0.3) is 0 Å². The van der Waals surface area contributed by atoms with Gasteiger partial charge in [0, 0.05) is 0 Å². The van der Waals surface area contributed by atoms with Crippen LogP contribution < -0.4 is 11.1 Å². The van der Waals surface area contributed by atoms with Crippen LogP contribution in [0.4, 0.5) is 0 Å². The second-order valence-electron chi connectivity index (χ2n) is 2.95. The van der Waals surface area contributed by atoms with E-state index in [1.807, 2.05) is 0 Å². The number of carbonyl (C=O) groups is 3. The van der Waals surface area contributed by atoms with Crippen molar-refractivity contribution in [2.45, 2.75) is 13.0 Å². The molecule has 0 bridgehead atoms. The molecule has 3 N–H and O–H groups in total. The highest BCUT2D eigenvalue weighted by atomic mass is 16.2. The Morgan fingerprint density at radius 3 is 2.31 bits per heavy atom. The first kappa shape index (κ1) is 9.66. The molecule has 0 saturated carbocycles. The number of piperazine rings is 1. The van der Waals surface area contributed by atoms with Crippen LogP contribution in [0.15, 0.2) is 0 Å². The molecule has 13 heavy (non-hydrogen) atoms. The largest absolute Gasteiger partial charge is 0.368 e. The maximum Gasteiger partial charge on any atom is 0.240 e. The molecule has 72 valence electrons. The monoisotopic (exact) mass is 185 g/mol. The number of hydrogen-bond donors (Lipinski definition) is 2. The summed E-state index contributed by atoms with van der Waals surface area (Å²) < 4.78 is 0. The lowest BCUT2D eigenvalue weighted by atomic mass is 10.2. The van der Waals surface area contributed by atoms with E-state index < -0.39 is 23.8 Å². The lowest BCUT2D eigenvalue weighted by Gasteiger charge is -2.28. The van der Waals surface area contributed by atoms with E-state index in [9.17, 15) is 14.4 Å². The molecule has 1 atom stereocenters. The average Bonchev–Trinajstić information content (AvgIpc) is 2.01. The number of hydrogen-bond acceptors (Lipinski definition) is 4. The first-order valence-corrected chi connectivity index (χ1v) is 3.86. The summed E-state index contributed by atoms with van der Waals surface area (Å²) in [6, 6.07) is -0.588. The van der Waals surface area contributed by atoms with Gasteiger partial charge in [-0.05, 0) is 6.92 Å². The molecule has 1 aliphatic rings. The van der Waals surface area contributed by atoms with E-state index in [0.29, 0.717) is 0 Å². The van der Waals surface area contributed by atoms with Gasteiger partial charge < -0.3 is 5.73 Å². The smallest absolute Gasteiger partial charge is 0.240 e. The van der Waals surface area contributed by atoms with Gasteiger partial charge in [-0.3, -0.25) is 24.6 Å². The zero-order valence-electron chi connectivity index (χ0n) is 7.24. The van der Waals surface area contributed by atoms with E-state index in [1.54, 1.807) is 6.92 Å². The summed E-state index contributed by atoms with van der Waals surface area (Å²) in [5.74, 6) is -1.34. The predicted octanol–water partition coefficient (Wildman–Crippen LogP) is -2.18. The highest BCUT2D eigenvalue weighted by Crippen LogP contribution is 2.01. The highest BCUT2D eigenvalue weighted by molar-refractivity contribution is 5.99. The number of amides is 3. The standard InChI is InChI=1S/C7H11N3O3/c1-4(7(8)13)10-2-5(11)9-6(12)3-10/h4H,2-3H2,1H3,(H2,8,13)(H,9,11,12). The lowest BCUT2D eigenvalue weighted by molar-refractivity contribution is -0.138. The zero-order chi connectivity index (χ0) is 10.0. The van der Waals surface area contributed by atoms with Crippen LogP contribution in [-0.2, 0) is 14.4 Å². The molecule has 0 aliphatic carbocycles. The molecule has 1 unspecified atom stereocenters. The van der Waals surface area contributed by atoms with Crippen molar-refractivity contribution in [3.8, 4) is 0 Å². The molecule has 0 aromatic carbocycles. The average molecular weight is 185 g/mol. The minimum absolute atomic E-state index is 0.0375. The predicted molar refractivity (Wildman–Crippen MR) is 43.4 cm³/mol. The number of primary amides is 1. The summed E-state index contributed by atoms with van der Waals surface area (Å²) in [4.78, 5) is 34.0. The summed E-state index contributed by atoms with van der Waals surface area (Å²) in [6.45, 7) is 1.64. The number of imide groups is 1.